The molecule has 3 heterocycles. The summed E-state index contributed by atoms with van der Waals surface area (Å²) in [6, 6.07) is 1.72. The van der Waals surface area contributed by atoms with E-state index in [1.807, 2.05) is 0 Å². The first-order valence-corrected chi connectivity index (χ1v) is 7.05. The first kappa shape index (κ1) is 14.3. The summed E-state index contributed by atoms with van der Waals surface area (Å²) in [5, 5.41) is 13.4. The minimum absolute atomic E-state index is 0.173. The average molecular weight is 326 g/mol. The fraction of sp³-hybridized carbons (Fsp3) is 0.500. The molecule has 1 saturated heterocycles. The van der Waals surface area contributed by atoms with E-state index < -0.39 is 23.0 Å². The molecule has 122 valence electrons. The van der Waals surface area contributed by atoms with Crippen LogP contribution in [-0.2, 0) is 4.79 Å². The molecule has 1 N–H and O–H groups in total. The van der Waals surface area contributed by atoms with Crippen LogP contribution >= 0.6 is 0 Å². The van der Waals surface area contributed by atoms with Crippen molar-refractivity contribution in [3.8, 4) is 0 Å². The summed E-state index contributed by atoms with van der Waals surface area (Å²) in [6.45, 7) is 1.26. The number of rotatable bonds is 2. The molecular weight excluding hydrogens is 313 g/mol. The van der Waals surface area contributed by atoms with Crippen molar-refractivity contribution in [2.24, 2.45) is 10.8 Å². The van der Waals surface area contributed by atoms with Crippen LogP contribution in [0.3, 0.4) is 0 Å². The maximum Gasteiger partial charge on any atom is 0.397 e. The Hall–Kier alpha value is -2.32. The fourth-order valence-electron chi connectivity index (χ4n) is 3.84. The number of anilines is 1. The molecular formula is C14H13F3N4O2. The van der Waals surface area contributed by atoms with E-state index in [1.54, 1.807) is 19.2 Å². The second kappa shape index (κ2) is 3.95. The third-order valence-corrected chi connectivity index (χ3v) is 5.10. The Morgan fingerprint density at radius 1 is 1.39 bits per heavy atom. The quantitative estimate of drug-likeness (QED) is 0.912. The zero-order valence-electron chi connectivity index (χ0n) is 12.1. The van der Waals surface area contributed by atoms with Crippen LogP contribution in [0.1, 0.15) is 12.0 Å². The van der Waals surface area contributed by atoms with Gasteiger partial charge in [-0.3, -0.25) is 4.79 Å². The lowest BCUT2D eigenvalue weighted by Crippen LogP contribution is -2.34. The molecule has 0 bridgehead atoms. The lowest BCUT2D eigenvalue weighted by atomic mass is 9.96. The van der Waals surface area contributed by atoms with E-state index in [2.05, 4.69) is 10.1 Å². The van der Waals surface area contributed by atoms with Gasteiger partial charge in [-0.1, -0.05) is 0 Å². The molecule has 1 aliphatic heterocycles. The number of aromatic nitrogens is 3. The van der Waals surface area contributed by atoms with E-state index in [9.17, 15) is 23.1 Å². The van der Waals surface area contributed by atoms with Crippen LogP contribution in [0.5, 0.6) is 0 Å². The maximum absolute atomic E-state index is 13.5. The zero-order chi connectivity index (χ0) is 16.6. The Kier molecular flexibility index (Phi) is 2.45. The van der Waals surface area contributed by atoms with Gasteiger partial charge in [0.05, 0.1) is 5.69 Å². The van der Waals surface area contributed by atoms with Crippen molar-refractivity contribution in [2.75, 3.05) is 18.0 Å². The number of alkyl halides is 3. The largest absolute Gasteiger partial charge is 0.481 e. The Morgan fingerprint density at radius 3 is 2.74 bits per heavy atom. The number of pyridine rings is 1. The molecule has 2 aliphatic rings. The van der Waals surface area contributed by atoms with Gasteiger partial charge in [-0.15, -0.1) is 0 Å². The Balaban J connectivity index is 1.81. The fourth-order valence-corrected chi connectivity index (χ4v) is 3.84. The van der Waals surface area contributed by atoms with Crippen LogP contribution in [0.15, 0.2) is 18.6 Å². The number of nitrogens with zero attached hydrogens (tertiary/aromatic N) is 4. The summed E-state index contributed by atoms with van der Waals surface area (Å²) in [7, 11) is 0. The number of aliphatic carboxylic acids is 1. The van der Waals surface area contributed by atoms with Crippen molar-refractivity contribution in [1.82, 2.24) is 14.6 Å². The molecule has 23 heavy (non-hydrogen) atoms. The van der Waals surface area contributed by atoms with Crippen molar-refractivity contribution in [1.29, 1.82) is 0 Å². The van der Waals surface area contributed by atoms with Crippen molar-refractivity contribution in [3.05, 3.63) is 24.2 Å². The smallest absolute Gasteiger partial charge is 0.397 e. The third kappa shape index (κ3) is 1.62. The molecule has 2 aromatic rings. The second-order valence-electron chi connectivity index (χ2n) is 6.43. The second-order valence-corrected chi connectivity index (χ2v) is 6.43. The van der Waals surface area contributed by atoms with Crippen LogP contribution in [0, 0.1) is 17.8 Å². The van der Waals surface area contributed by atoms with Gasteiger partial charge in [0.25, 0.3) is 0 Å². The maximum atomic E-state index is 13.5. The van der Waals surface area contributed by atoms with Gasteiger partial charge in [0.2, 0.25) is 0 Å². The highest BCUT2D eigenvalue weighted by atomic mass is 19.4. The Labute approximate surface area is 128 Å². The van der Waals surface area contributed by atoms with Crippen LogP contribution < -0.4 is 4.90 Å². The highest BCUT2D eigenvalue weighted by Gasteiger charge is 2.86. The Bertz CT molecular complexity index is 833. The van der Waals surface area contributed by atoms with Gasteiger partial charge in [-0.25, -0.2) is 9.50 Å². The summed E-state index contributed by atoms with van der Waals surface area (Å²) in [5.41, 5.74) is -2.21. The number of aryl methyl sites for hydroxylation is 1. The monoisotopic (exact) mass is 326 g/mol. The summed E-state index contributed by atoms with van der Waals surface area (Å²) in [6.07, 6.45) is -1.87. The summed E-state index contributed by atoms with van der Waals surface area (Å²) in [5.74, 6) is -1.39. The van der Waals surface area contributed by atoms with Gasteiger partial charge in [0.15, 0.2) is 5.65 Å². The normalized spacial score (nSPS) is 29.8. The number of hydrogen-bond acceptors (Lipinski definition) is 4. The highest BCUT2D eigenvalue weighted by molar-refractivity contribution is 5.84. The predicted octanol–water partition coefficient (Wildman–Crippen LogP) is 1.88. The Morgan fingerprint density at radius 2 is 2.13 bits per heavy atom. The van der Waals surface area contributed by atoms with Crippen LogP contribution in [0.2, 0.25) is 0 Å². The molecule has 1 aliphatic carbocycles. The number of carbonyl (C=O) groups is 1. The standard InChI is InChI=1S/C14H13F3N4O2/c1-8-2-9(10-18-7-19-21(10)3-8)20-5-12(11(22)23)4-13(12,6-20)14(15,16)17/h2-3,7H,4-6H2,1H3,(H,22,23). The zero-order valence-corrected chi connectivity index (χ0v) is 12.1. The van der Waals surface area contributed by atoms with Crippen LogP contribution in [0.4, 0.5) is 18.9 Å². The summed E-state index contributed by atoms with van der Waals surface area (Å²) in [4.78, 5) is 17.1. The molecule has 2 fully saturated rings. The van der Waals surface area contributed by atoms with Crippen LogP contribution in [0.25, 0.3) is 5.65 Å². The van der Waals surface area contributed by atoms with Gasteiger partial charge in [0, 0.05) is 19.3 Å². The SMILES string of the molecule is Cc1cc(N2CC3(C(=O)O)CC3(C(F)(F)F)C2)c2ncnn2c1. The number of carboxylic acids is 1. The van der Waals surface area contributed by atoms with Crippen molar-refractivity contribution < 1.29 is 23.1 Å². The molecule has 0 aromatic carbocycles. The van der Waals surface area contributed by atoms with Gasteiger partial charge in [-0.05, 0) is 25.0 Å². The third-order valence-electron chi connectivity index (χ3n) is 5.10. The molecule has 6 nitrogen and oxygen atoms in total. The highest BCUT2D eigenvalue weighted by Crippen LogP contribution is 2.75. The van der Waals surface area contributed by atoms with E-state index in [1.165, 1.54) is 15.7 Å². The molecule has 2 aromatic heterocycles. The molecule has 9 heteroatoms. The first-order valence-electron chi connectivity index (χ1n) is 7.05. The van der Waals surface area contributed by atoms with Gasteiger partial charge in [-0.2, -0.15) is 18.3 Å². The number of carboxylic acid groups (broad SMARTS) is 1. The molecule has 2 unspecified atom stereocenters. The molecule has 2 atom stereocenters. The van der Waals surface area contributed by atoms with Crippen LogP contribution in [-0.4, -0.2) is 44.9 Å². The summed E-state index contributed by atoms with van der Waals surface area (Å²) >= 11 is 0. The number of halogens is 3. The number of fused-ring (bicyclic) bond motifs is 2. The number of piperidine rings is 1. The van der Waals surface area contributed by atoms with E-state index in [0.717, 1.165) is 5.56 Å². The van der Waals surface area contributed by atoms with E-state index in [0.29, 0.717) is 11.3 Å². The average Bonchev–Trinajstić information content (AvgIpc) is 2.80. The van der Waals surface area contributed by atoms with E-state index in [4.69, 9.17) is 0 Å². The van der Waals surface area contributed by atoms with Crippen molar-refractivity contribution in [3.63, 3.8) is 0 Å². The molecule has 0 radical (unpaired) electrons. The van der Waals surface area contributed by atoms with Crippen molar-refractivity contribution in [2.45, 2.75) is 19.5 Å². The van der Waals surface area contributed by atoms with E-state index in [-0.39, 0.29) is 19.5 Å². The molecule has 0 amide bonds. The van der Waals surface area contributed by atoms with Gasteiger partial charge in [0.1, 0.15) is 17.2 Å². The van der Waals surface area contributed by atoms with E-state index >= 15 is 0 Å². The summed E-state index contributed by atoms with van der Waals surface area (Å²) < 4.78 is 42.0. The minimum atomic E-state index is -4.55. The van der Waals surface area contributed by atoms with Crippen molar-refractivity contribution >= 4 is 17.3 Å². The first-order chi connectivity index (χ1) is 10.7. The predicted molar refractivity (Wildman–Crippen MR) is 73.1 cm³/mol. The molecule has 1 saturated carbocycles. The topological polar surface area (TPSA) is 70.7 Å². The molecule has 0 spiro atoms. The van der Waals surface area contributed by atoms with Gasteiger partial charge < -0.3 is 10.0 Å². The lowest BCUT2D eigenvalue weighted by Gasteiger charge is -2.24. The molecule has 4 rings (SSSR count). The number of hydrogen-bond donors (Lipinski definition) is 1. The van der Waals surface area contributed by atoms with Gasteiger partial charge >= 0.3 is 12.1 Å². The minimum Gasteiger partial charge on any atom is -0.481 e. The lowest BCUT2D eigenvalue weighted by molar-refractivity contribution is -0.194.